The van der Waals surface area contributed by atoms with Gasteiger partial charge in [-0.2, -0.15) is 4.98 Å². The van der Waals surface area contributed by atoms with Gasteiger partial charge in [-0.15, -0.1) is 5.10 Å². The molecule has 0 unspecified atom stereocenters. The third-order valence-corrected chi connectivity index (χ3v) is 5.35. The number of nitrogens with zero attached hydrogens (tertiary/aromatic N) is 5. The Kier molecular flexibility index (Phi) is 4.55. The minimum atomic E-state index is -0.450. The third-order valence-electron chi connectivity index (χ3n) is 5.35. The molecule has 0 radical (unpaired) electrons. The molecule has 4 rings (SSSR count). The van der Waals surface area contributed by atoms with E-state index in [0.717, 1.165) is 43.5 Å². The zero-order valence-corrected chi connectivity index (χ0v) is 16.1. The van der Waals surface area contributed by atoms with Crippen LogP contribution in [0.4, 0.5) is 0 Å². The number of hydrogen-bond acceptors (Lipinski definition) is 6. The summed E-state index contributed by atoms with van der Waals surface area (Å²) in [4.78, 5) is 4.55. The molecule has 1 aliphatic rings. The second-order valence-electron chi connectivity index (χ2n) is 7.73. The first-order valence-electron chi connectivity index (χ1n) is 9.70. The topological polar surface area (TPSA) is 95.7 Å². The van der Waals surface area contributed by atoms with Gasteiger partial charge in [0.25, 0.3) is 5.89 Å². The van der Waals surface area contributed by atoms with Crippen molar-refractivity contribution in [1.29, 1.82) is 0 Å². The van der Waals surface area contributed by atoms with Crippen LogP contribution < -0.4 is 5.73 Å². The molecule has 1 fully saturated rings. The van der Waals surface area contributed by atoms with E-state index < -0.39 is 5.54 Å². The fraction of sp³-hybridized carbons (Fsp3) is 0.500. The van der Waals surface area contributed by atoms with E-state index >= 15 is 0 Å². The molecule has 2 aromatic heterocycles. The van der Waals surface area contributed by atoms with Crippen LogP contribution in [-0.2, 0) is 12.0 Å². The van der Waals surface area contributed by atoms with Crippen LogP contribution in [0.3, 0.4) is 0 Å². The van der Waals surface area contributed by atoms with E-state index in [4.69, 9.17) is 10.3 Å². The number of benzene rings is 1. The van der Waals surface area contributed by atoms with E-state index in [1.165, 1.54) is 5.56 Å². The lowest BCUT2D eigenvalue weighted by atomic mass is 9.77. The second kappa shape index (κ2) is 6.88. The van der Waals surface area contributed by atoms with Crippen molar-refractivity contribution < 1.29 is 4.52 Å². The first-order chi connectivity index (χ1) is 13.0. The van der Waals surface area contributed by atoms with Crippen molar-refractivity contribution >= 4 is 0 Å². The second-order valence-corrected chi connectivity index (χ2v) is 7.73. The van der Waals surface area contributed by atoms with Gasteiger partial charge in [-0.25, -0.2) is 4.68 Å². The molecule has 142 valence electrons. The summed E-state index contributed by atoms with van der Waals surface area (Å²) in [5.74, 6) is 1.42. The highest BCUT2D eigenvalue weighted by Crippen LogP contribution is 2.38. The lowest BCUT2D eigenvalue weighted by Crippen LogP contribution is -2.44. The number of hydrogen-bond donors (Lipinski definition) is 1. The van der Waals surface area contributed by atoms with E-state index in [2.05, 4.69) is 59.4 Å². The lowest BCUT2D eigenvalue weighted by Gasteiger charge is -2.34. The molecule has 27 heavy (non-hydrogen) atoms. The molecule has 7 heteroatoms. The average Bonchev–Trinajstić information content (AvgIpc) is 3.27. The maximum Gasteiger partial charge on any atom is 0.280 e. The summed E-state index contributed by atoms with van der Waals surface area (Å²) >= 11 is 0. The molecule has 1 aromatic carbocycles. The average molecular weight is 366 g/mol. The van der Waals surface area contributed by atoms with Crippen molar-refractivity contribution in [1.82, 2.24) is 25.1 Å². The van der Waals surface area contributed by atoms with Crippen LogP contribution in [0.1, 0.15) is 69.5 Å². The molecular weight excluding hydrogens is 340 g/mol. The molecule has 0 spiro atoms. The Balaban J connectivity index is 1.74. The molecule has 0 atom stereocenters. The van der Waals surface area contributed by atoms with E-state index in [9.17, 15) is 0 Å². The van der Waals surface area contributed by atoms with Crippen molar-refractivity contribution in [2.45, 2.75) is 64.3 Å². The van der Waals surface area contributed by atoms with Gasteiger partial charge in [-0.3, -0.25) is 0 Å². The van der Waals surface area contributed by atoms with Gasteiger partial charge in [0, 0.05) is 0 Å². The highest BCUT2D eigenvalue weighted by molar-refractivity contribution is 5.52. The van der Waals surface area contributed by atoms with Crippen LogP contribution in [0.5, 0.6) is 0 Å². The molecule has 1 aliphatic carbocycles. The summed E-state index contributed by atoms with van der Waals surface area (Å²) in [6.07, 6.45) is 4.67. The van der Waals surface area contributed by atoms with Gasteiger partial charge in [0.2, 0.25) is 0 Å². The number of nitrogens with two attached hydrogens (primary N) is 1. The summed E-state index contributed by atoms with van der Waals surface area (Å²) in [5, 5.41) is 12.9. The maximum atomic E-state index is 6.33. The van der Waals surface area contributed by atoms with Crippen molar-refractivity contribution in [2.75, 3.05) is 0 Å². The standard InChI is InChI=1S/C20H26N6O/c1-4-7-16-17(18-22-19(24-27-18)20(21)10-6-11-20)23-25-26(16)15-9-5-8-14(12-15)13(2)3/h5,8-9,12-13H,4,6-7,10-11,21H2,1-3H3. The monoisotopic (exact) mass is 366 g/mol. The van der Waals surface area contributed by atoms with Crippen LogP contribution >= 0.6 is 0 Å². The summed E-state index contributed by atoms with van der Waals surface area (Å²) < 4.78 is 7.40. The van der Waals surface area contributed by atoms with Gasteiger partial charge in [-0.1, -0.05) is 49.7 Å². The predicted molar refractivity (Wildman–Crippen MR) is 102 cm³/mol. The molecule has 0 amide bonds. The van der Waals surface area contributed by atoms with E-state index in [-0.39, 0.29) is 0 Å². The maximum absolute atomic E-state index is 6.33. The van der Waals surface area contributed by atoms with Crippen LogP contribution in [0.2, 0.25) is 0 Å². The third kappa shape index (κ3) is 3.16. The molecule has 7 nitrogen and oxygen atoms in total. The molecule has 3 aromatic rings. The highest BCUT2D eigenvalue weighted by atomic mass is 16.5. The lowest BCUT2D eigenvalue weighted by molar-refractivity contribution is 0.229. The quantitative estimate of drug-likeness (QED) is 0.714. The minimum Gasteiger partial charge on any atom is -0.332 e. The van der Waals surface area contributed by atoms with E-state index in [1.54, 1.807) is 0 Å². The summed E-state index contributed by atoms with van der Waals surface area (Å²) in [6.45, 7) is 6.50. The SMILES string of the molecule is CCCc1c(-c2nc(C3(N)CCC3)no2)nnn1-c1cccc(C(C)C)c1. The van der Waals surface area contributed by atoms with Gasteiger partial charge in [0.15, 0.2) is 11.5 Å². The Labute approximate surface area is 159 Å². The van der Waals surface area contributed by atoms with Gasteiger partial charge in [0.1, 0.15) is 0 Å². The largest absolute Gasteiger partial charge is 0.332 e. The van der Waals surface area contributed by atoms with Crippen molar-refractivity contribution in [3.8, 4) is 17.3 Å². The van der Waals surface area contributed by atoms with Crippen LogP contribution in [-0.4, -0.2) is 25.1 Å². The van der Waals surface area contributed by atoms with Gasteiger partial charge in [-0.05, 0) is 49.3 Å². The summed E-state index contributed by atoms with van der Waals surface area (Å²) in [6, 6.07) is 8.40. The Morgan fingerprint density at radius 3 is 2.78 bits per heavy atom. The molecule has 0 aliphatic heterocycles. The fourth-order valence-electron chi connectivity index (χ4n) is 3.46. The fourth-order valence-corrected chi connectivity index (χ4v) is 3.46. The highest BCUT2D eigenvalue weighted by Gasteiger charge is 2.39. The predicted octanol–water partition coefficient (Wildman–Crippen LogP) is 3.73. The van der Waals surface area contributed by atoms with Crippen LogP contribution in [0.15, 0.2) is 28.8 Å². The number of rotatable bonds is 6. The van der Waals surface area contributed by atoms with Crippen molar-refractivity contribution in [3.63, 3.8) is 0 Å². The van der Waals surface area contributed by atoms with Crippen LogP contribution in [0.25, 0.3) is 17.3 Å². The molecule has 2 heterocycles. The summed E-state index contributed by atoms with van der Waals surface area (Å²) in [7, 11) is 0. The molecule has 0 bridgehead atoms. The van der Waals surface area contributed by atoms with Gasteiger partial charge < -0.3 is 10.3 Å². The zero-order chi connectivity index (χ0) is 19.0. The van der Waals surface area contributed by atoms with Crippen LogP contribution in [0, 0.1) is 0 Å². The number of aromatic nitrogens is 5. The smallest absolute Gasteiger partial charge is 0.280 e. The van der Waals surface area contributed by atoms with Gasteiger partial charge in [0.05, 0.1) is 16.9 Å². The Hall–Kier alpha value is -2.54. The molecule has 1 saturated carbocycles. The van der Waals surface area contributed by atoms with E-state index in [0.29, 0.717) is 23.3 Å². The first kappa shape index (κ1) is 17.9. The first-order valence-corrected chi connectivity index (χ1v) is 9.70. The Bertz CT molecular complexity index is 938. The Morgan fingerprint density at radius 2 is 2.11 bits per heavy atom. The summed E-state index contributed by atoms with van der Waals surface area (Å²) in [5.41, 5.74) is 9.77. The molecular formula is C20H26N6O. The minimum absolute atomic E-state index is 0.399. The zero-order valence-electron chi connectivity index (χ0n) is 16.1. The van der Waals surface area contributed by atoms with E-state index in [1.807, 2.05) is 10.7 Å². The normalized spacial score (nSPS) is 15.9. The van der Waals surface area contributed by atoms with Gasteiger partial charge >= 0.3 is 0 Å². The molecule has 0 saturated heterocycles. The van der Waals surface area contributed by atoms with Crippen molar-refractivity contribution in [2.24, 2.45) is 5.73 Å². The van der Waals surface area contributed by atoms with Crippen molar-refractivity contribution in [3.05, 3.63) is 41.3 Å². The Morgan fingerprint density at radius 1 is 1.30 bits per heavy atom. The molecule has 2 N–H and O–H groups in total.